The van der Waals surface area contributed by atoms with E-state index in [9.17, 15) is 0 Å². The van der Waals surface area contributed by atoms with Crippen LogP contribution in [0.25, 0.3) is 0 Å². The van der Waals surface area contributed by atoms with Crippen LogP contribution in [0.1, 0.15) is 12.8 Å². The molecule has 0 unspecified atom stereocenters. The van der Waals surface area contributed by atoms with Crippen LogP contribution in [0.5, 0.6) is 0 Å². The summed E-state index contributed by atoms with van der Waals surface area (Å²) in [7, 11) is 0. The molecule has 0 aromatic rings. The van der Waals surface area contributed by atoms with Crippen molar-refractivity contribution in [2.45, 2.75) is 12.8 Å². The number of rotatable bonds is 0. The van der Waals surface area contributed by atoms with Gasteiger partial charge >= 0.3 is 0 Å². The second kappa shape index (κ2) is 1.71. The third kappa shape index (κ3) is 0.565. The predicted molar refractivity (Wildman–Crippen MR) is 32.4 cm³/mol. The highest BCUT2D eigenvalue weighted by atomic mass is 15.7. The molecule has 0 spiro atoms. The monoisotopic (exact) mass is 112 g/mol. The molecule has 0 bridgehead atoms. The largest absolute Gasteiger partial charge is 0.242 e. The van der Waals surface area contributed by atoms with Crippen molar-refractivity contribution in [1.29, 1.82) is 0 Å². The summed E-state index contributed by atoms with van der Waals surface area (Å²) in [6, 6.07) is 0. The van der Waals surface area contributed by atoms with Crippen molar-refractivity contribution in [3.63, 3.8) is 0 Å². The maximum atomic E-state index is 2.47. The van der Waals surface area contributed by atoms with Gasteiger partial charge < -0.3 is 0 Å². The molecule has 2 fully saturated rings. The van der Waals surface area contributed by atoms with Gasteiger partial charge in [-0.2, -0.15) is 0 Å². The van der Waals surface area contributed by atoms with Crippen LogP contribution in [-0.4, -0.2) is 36.2 Å². The Kier molecular flexibility index (Phi) is 1.02. The van der Waals surface area contributed by atoms with Crippen LogP contribution in [0, 0.1) is 0 Å². The van der Waals surface area contributed by atoms with Crippen molar-refractivity contribution in [1.82, 2.24) is 10.0 Å². The van der Waals surface area contributed by atoms with Crippen molar-refractivity contribution in [3.05, 3.63) is 0 Å². The van der Waals surface area contributed by atoms with E-state index in [1.54, 1.807) is 0 Å². The zero-order chi connectivity index (χ0) is 5.40. The second-order valence-corrected chi connectivity index (χ2v) is 2.61. The molecule has 0 aromatic carbocycles. The number of fused-ring (bicyclic) bond motifs is 1. The zero-order valence-corrected chi connectivity index (χ0v) is 5.14. The normalized spacial score (nSPS) is 31.5. The van der Waals surface area contributed by atoms with Crippen molar-refractivity contribution in [2.75, 3.05) is 26.2 Å². The molecule has 2 rings (SSSR count). The minimum absolute atomic E-state index is 1.32. The summed E-state index contributed by atoms with van der Waals surface area (Å²) in [4.78, 5) is 0. The van der Waals surface area contributed by atoms with Crippen molar-refractivity contribution < 1.29 is 0 Å². The lowest BCUT2D eigenvalue weighted by Gasteiger charge is -2.16. The van der Waals surface area contributed by atoms with Gasteiger partial charge in [0.25, 0.3) is 0 Å². The maximum Gasteiger partial charge on any atom is 0.0146 e. The van der Waals surface area contributed by atoms with E-state index in [1.807, 2.05) is 0 Å². The average molecular weight is 112 g/mol. The standard InChI is InChI=1S/C6H12N2/c1-3-7-5-2-6-8(7)4-1/h1-6H2. The Labute approximate surface area is 50.0 Å². The second-order valence-electron chi connectivity index (χ2n) is 2.61. The topological polar surface area (TPSA) is 6.48 Å². The lowest BCUT2D eigenvalue weighted by atomic mass is 10.4. The van der Waals surface area contributed by atoms with Crippen LogP contribution in [0.3, 0.4) is 0 Å². The van der Waals surface area contributed by atoms with Gasteiger partial charge in [0.2, 0.25) is 0 Å². The van der Waals surface area contributed by atoms with Gasteiger partial charge in [-0.15, -0.1) is 0 Å². The lowest BCUT2D eigenvalue weighted by molar-refractivity contribution is 0.0894. The van der Waals surface area contributed by atoms with Gasteiger partial charge in [-0.1, -0.05) is 0 Å². The Morgan fingerprint density at radius 3 is 1.38 bits per heavy atom. The molecule has 0 saturated carbocycles. The molecule has 0 aliphatic carbocycles. The molecular formula is C6H12N2. The molecule has 0 N–H and O–H groups in total. The van der Waals surface area contributed by atoms with E-state index in [0.717, 1.165) is 0 Å². The molecule has 2 heterocycles. The number of nitrogens with zero attached hydrogens (tertiary/aromatic N) is 2. The van der Waals surface area contributed by atoms with E-state index in [2.05, 4.69) is 10.0 Å². The third-order valence-electron chi connectivity index (χ3n) is 2.06. The molecule has 0 aromatic heterocycles. The first-order valence-electron chi connectivity index (χ1n) is 3.46. The van der Waals surface area contributed by atoms with Crippen molar-refractivity contribution in [2.24, 2.45) is 0 Å². The number of hydrazine groups is 1. The summed E-state index contributed by atoms with van der Waals surface area (Å²) in [6.07, 6.45) is 2.78. The van der Waals surface area contributed by atoms with Crippen LogP contribution < -0.4 is 0 Å². The quantitative estimate of drug-likeness (QED) is 0.445. The molecule has 46 valence electrons. The molecule has 2 aliphatic rings. The van der Waals surface area contributed by atoms with Gasteiger partial charge in [0.15, 0.2) is 0 Å². The van der Waals surface area contributed by atoms with Crippen LogP contribution in [0.4, 0.5) is 0 Å². The summed E-state index contributed by atoms with van der Waals surface area (Å²) in [5.41, 5.74) is 0. The van der Waals surface area contributed by atoms with E-state index in [-0.39, 0.29) is 0 Å². The van der Waals surface area contributed by atoms with Gasteiger partial charge in [0.05, 0.1) is 0 Å². The molecule has 2 nitrogen and oxygen atoms in total. The molecule has 8 heavy (non-hydrogen) atoms. The average Bonchev–Trinajstić information content (AvgIpc) is 2.15. The minimum atomic E-state index is 1.32. The molecule has 0 radical (unpaired) electrons. The highest BCUT2D eigenvalue weighted by Crippen LogP contribution is 2.16. The van der Waals surface area contributed by atoms with Gasteiger partial charge in [0.1, 0.15) is 0 Å². The number of hydrogen-bond acceptors (Lipinski definition) is 2. The van der Waals surface area contributed by atoms with Gasteiger partial charge in [-0.3, -0.25) is 0 Å². The summed E-state index contributed by atoms with van der Waals surface area (Å²) >= 11 is 0. The fraction of sp³-hybridized carbons (Fsp3) is 1.00. The molecule has 2 aliphatic heterocycles. The van der Waals surface area contributed by atoms with Crippen LogP contribution in [-0.2, 0) is 0 Å². The highest BCUT2D eigenvalue weighted by Gasteiger charge is 2.25. The first kappa shape index (κ1) is 4.77. The van der Waals surface area contributed by atoms with Crippen LogP contribution in [0.2, 0.25) is 0 Å². The van der Waals surface area contributed by atoms with Gasteiger partial charge in [-0.05, 0) is 12.8 Å². The Morgan fingerprint density at radius 2 is 1.00 bits per heavy atom. The fourth-order valence-electron chi connectivity index (χ4n) is 1.66. The SMILES string of the molecule is C1CN2CCCN2C1. The van der Waals surface area contributed by atoms with Crippen LogP contribution >= 0.6 is 0 Å². The van der Waals surface area contributed by atoms with E-state index in [0.29, 0.717) is 0 Å². The Morgan fingerprint density at radius 1 is 0.625 bits per heavy atom. The van der Waals surface area contributed by atoms with E-state index in [4.69, 9.17) is 0 Å². The summed E-state index contributed by atoms with van der Waals surface area (Å²) < 4.78 is 0. The minimum Gasteiger partial charge on any atom is -0.242 e. The van der Waals surface area contributed by atoms with Crippen molar-refractivity contribution in [3.8, 4) is 0 Å². The third-order valence-corrected chi connectivity index (χ3v) is 2.06. The van der Waals surface area contributed by atoms with Crippen LogP contribution in [0.15, 0.2) is 0 Å². The first-order chi connectivity index (χ1) is 3.97. The summed E-state index contributed by atoms with van der Waals surface area (Å²) in [5, 5.41) is 4.94. The number of hydrogen-bond donors (Lipinski definition) is 0. The van der Waals surface area contributed by atoms with Gasteiger partial charge in [-0.25, -0.2) is 10.0 Å². The Balaban J connectivity index is 2.04. The lowest BCUT2D eigenvalue weighted by Crippen LogP contribution is -2.28. The fourth-order valence-corrected chi connectivity index (χ4v) is 1.66. The molecule has 0 atom stereocenters. The molecule has 2 saturated heterocycles. The van der Waals surface area contributed by atoms with Crippen molar-refractivity contribution >= 4 is 0 Å². The zero-order valence-electron chi connectivity index (χ0n) is 5.14. The van der Waals surface area contributed by atoms with E-state index < -0.39 is 0 Å². The van der Waals surface area contributed by atoms with Gasteiger partial charge in [0, 0.05) is 26.2 Å². The Hall–Kier alpha value is -0.0800. The molecule has 0 amide bonds. The summed E-state index contributed by atoms with van der Waals surface area (Å²) in [5.74, 6) is 0. The Bertz CT molecular complexity index is 72.5. The highest BCUT2D eigenvalue weighted by molar-refractivity contribution is 4.72. The smallest absolute Gasteiger partial charge is 0.0146 e. The van der Waals surface area contributed by atoms with E-state index in [1.165, 1.54) is 39.0 Å². The molecule has 2 heteroatoms. The summed E-state index contributed by atoms with van der Waals surface area (Å²) in [6.45, 7) is 5.28. The predicted octanol–water partition coefficient (Wildman–Crippen LogP) is 0.313. The molecular weight excluding hydrogens is 100 g/mol. The maximum absolute atomic E-state index is 2.47. The van der Waals surface area contributed by atoms with E-state index >= 15 is 0 Å². The first-order valence-corrected chi connectivity index (χ1v) is 3.46.